The van der Waals surface area contributed by atoms with E-state index in [0.717, 1.165) is 34.8 Å². The number of likely N-dealkylation sites (N-methyl/N-ethyl adjacent to an activating group) is 1. The summed E-state index contributed by atoms with van der Waals surface area (Å²) in [5.74, 6) is -8.39. The molecule has 0 heterocycles. The lowest BCUT2D eigenvalue weighted by Gasteiger charge is -2.52. The van der Waals surface area contributed by atoms with Crippen LogP contribution in [0.2, 0.25) is 0 Å². The van der Waals surface area contributed by atoms with Gasteiger partial charge in [0.05, 0.1) is 24.6 Å². The maximum Gasteiger partial charge on any atom is 0.235 e. The summed E-state index contributed by atoms with van der Waals surface area (Å²) in [4.78, 5) is 69.0. The van der Waals surface area contributed by atoms with E-state index in [-0.39, 0.29) is 24.2 Å². The van der Waals surface area contributed by atoms with Crippen LogP contribution in [0.5, 0.6) is 11.5 Å². The predicted octanol–water partition coefficient (Wildman–Crippen LogP) is 3.69. The van der Waals surface area contributed by atoms with Gasteiger partial charge in [-0.15, -0.1) is 0 Å². The molecule has 4 aliphatic carbocycles. The number of amides is 1. The summed E-state index contributed by atoms with van der Waals surface area (Å²) in [6.07, 6.45) is 8.39. The number of Topliss-reactive ketones (excluding diaryl/α,β-unsaturated/α-hetero) is 4. The molecule has 6 rings (SSSR count). The highest BCUT2D eigenvalue weighted by Crippen LogP contribution is 2.52. The number of primary amides is 1. The molecular weight excluding hydrogens is 612 g/mol. The predicted molar refractivity (Wildman–Crippen MR) is 177 cm³/mol. The highest BCUT2D eigenvalue weighted by atomic mass is 16.5. The van der Waals surface area contributed by atoms with Gasteiger partial charge in [-0.1, -0.05) is 44.7 Å². The van der Waals surface area contributed by atoms with E-state index >= 15 is 0 Å². The number of hydrogen-bond acceptors (Lipinski definition) is 9. The average molecular weight is 659 g/mol. The zero-order valence-corrected chi connectivity index (χ0v) is 28.2. The van der Waals surface area contributed by atoms with Gasteiger partial charge in [0.2, 0.25) is 5.91 Å². The van der Waals surface area contributed by atoms with Crippen molar-refractivity contribution in [2.45, 2.75) is 76.4 Å². The first-order valence-electron chi connectivity index (χ1n) is 17.2. The summed E-state index contributed by atoms with van der Waals surface area (Å²) in [7, 11) is 4.80. The molecule has 0 saturated heterocycles. The Morgan fingerprint density at radius 3 is 2.33 bits per heavy atom. The molecule has 0 aromatic heterocycles. The van der Waals surface area contributed by atoms with Crippen LogP contribution >= 0.6 is 0 Å². The lowest BCUT2D eigenvalue weighted by atomic mass is 9.52. The number of aliphatic hydroxyl groups is 1. The van der Waals surface area contributed by atoms with E-state index in [9.17, 15) is 34.2 Å². The maximum absolute atomic E-state index is 14.2. The Bertz CT molecular complexity index is 1670. The van der Waals surface area contributed by atoms with E-state index < -0.39 is 64.4 Å². The van der Waals surface area contributed by atoms with Gasteiger partial charge in [0.1, 0.15) is 11.5 Å². The summed E-state index contributed by atoms with van der Waals surface area (Å²) >= 11 is 0. The van der Waals surface area contributed by atoms with Gasteiger partial charge in [-0.25, -0.2) is 0 Å². The van der Waals surface area contributed by atoms with Crippen molar-refractivity contribution >= 4 is 29.0 Å². The van der Waals surface area contributed by atoms with Gasteiger partial charge in [0.25, 0.3) is 0 Å². The summed E-state index contributed by atoms with van der Waals surface area (Å²) < 4.78 is 5.75. The number of ketones is 4. The number of ether oxygens (including phenoxy) is 1. The molecule has 10 nitrogen and oxygen atoms in total. The van der Waals surface area contributed by atoms with Crippen LogP contribution in [0, 0.1) is 35.5 Å². The minimum Gasteiger partial charge on any atom is -0.507 e. The van der Waals surface area contributed by atoms with Gasteiger partial charge in [-0.05, 0) is 104 Å². The average Bonchev–Trinajstić information content (AvgIpc) is 3.03. The molecule has 0 aliphatic heterocycles. The number of nitrogens with zero attached hydrogens (tertiary/aromatic N) is 1. The second-order valence-electron chi connectivity index (χ2n) is 14.7. The number of methoxy groups -OCH3 is 1. The van der Waals surface area contributed by atoms with E-state index in [4.69, 9.17) is 10.5 Å². The van der Waals surface area contributed by atoms with Gasteiger partial charge in [0, 0.05) is 5.92 Å². The number of nitrogens with two attached hydrogens (primary N) is 1. The van der Waals surface area contributed by atoms with Gasteiger partial charge >= 0.3 is 0 Å². The van der Waals surface area contributed by atoms with Crippen molar-refractivity contribution in [1.29, 1.82) is 0 Å². The lowest BCUT2D eigenvalue weighted by Crippen LogP contribution is -2.74. The van der Waals surface area contributed by atoms with Gasteiger partial charge in [0.15, 0.2) is 34.7 Å². The van der Waals surface area contributed by atoms with Crippen molar-refractivity contribution in [2.75, 3.05) is 21.2 Å². The fraction of sp³-hybridized carbons (Fsp3) is 0.553. The minimum atomic E-state index is -2.75. The molecule has 2 aromatic carbocycles. The fourth-order valence-electron chi connectivity index (χ4n) is 9.42. The van der Waals surface area contributed by atoms with E-state index in [1.807, 2.05) is 12.1 Å². The standard InChI is InChI=1S/C38H46N2O8/c1-5-6-19-7-9-20(10-8-19)15-22-16-21(11-14-28(22)48-4)24-12-13-27(41)30-25(24)17-23-18-26-32(40(2)3)34(43)31(37(39)46)36(45)38(26,47)35(44)29(23)33(30)42/h11-14,16,19-20,23,26,29,31-32,41,47H,5-10,15,17-18H2,1-4H3,(H2,39,46)/t19?,20?,23-,26-,29?,31?,32-,38-/m0/s1. The Morgan fingerprint density at radius 1 is 1.02 bits per heavy atom. The van der Waals surface area contributed by atoms with E-state index in [1.165, 1.54) is 49.5 Å². The summed E-state index contributed by atoms with van der Waals surface area (Å²) in [6.45, 7) is 2.24. The van der Waals surface area contributed by atoms with E-state index in [1.54, 1.807) is 27.3 Å². The fourth-order valence-corrected chi connectivity index (χ4v) is 9.42. The molecule has 10 heteroatoms. The van der Waals surface area contributed by atoms with Crippen LogP contribution in [-0.4, -0.2) is 77.0 Å². The SMILES string of the molecule is CCCC1CCC(Cc2cc(-c3ccc(O)c4c3C[C@H]3C[C@H]5[C@H](N(C)C)C(=O)C(C(N)=O)C(=O)[C@@]5(O)C(=O)C3C4=O)ccc2OC)CC1. The number of phenolic OH excluding ortho intramolecular Hbond substituents is 1. The zero-order valence-electron chi connectivity index (χ0n) is 28.2. The summed E-state index contributed by atoms with van der Waals surface area (Å²) in [5, 5.41) is 22.8. The van der Waals surface area contributed by atoms with Crippen molar-refractivity contribution in [2.24, 2.45) is 41.2 Å². The number of carbonyl (C=O) groups excluding carboxylic acids is 5. The Morgan fingerprint density at radius 2 is 1.71 bits per heavy atom. The normalized spacial score (nSPS) is 31.7. The molecule has 3 fully saturated rings. The number of phenols is 1. The van der Waals surface area contributed by atoms with Crippen molar-refractivity contribution in [1.82, 2.24) is 4.90 Å². The van der Waals surface area contributed by atoms with Crippen LogP contribution in [0.25, 0.3) is 11.1 Å². The highest BCUT2D eigenvalue weighted by Gasteiger charge is 2.69. The molecule has 2 unspecified atom stereocenters. The Hall–Kier alpha value is -3.89. The smallest absolute Gasteiger partial charge is 0.235 e. The molecule has 3 saturated carbocycles. The number of rotatable bonds is 8. The zero-order chi connectivity index (χ0) is 34.7. The quantitative estimate of drug-likeness (QED) is 0.359. The van der Waals surface area contributed by atoms with Gasteiger partial charge in [-0.2, -0.15) is 0 Å². The van der Waals surface area contributed by atoms with E-state index in [0.29, 0.717) is 11.5 Å². The molecule has 0 radical (unpaired) electrons. The summed E-state index contributed by atoms with van der Waals surface area (Å²) in [6, 6.07) is 8.02. The molecule has 48 heavy (non-hydrogen) atoms. The molecule has 1 amide bonds. The van der Waals surface area contributed by atoms with Gasteiger partial charge < -0.3 is 20.7 Å². The highest BCUT2D eigenvalue weighted by molar-refractivity contribution is 6.32. The number of aromatic hydroxyl groups is 1. The minimum absolute atomic E-state index is 0.00750. The number of carbonyl (C=O) groups is 5. The van der Waals surface area contributed by atoms with Crippen LogP contribution in [0.15, 0.2) is 30.3 Å². The molecule has 6 atom stereocenters. The Balaban J connectivity index is 1.37. The molecule has 4 N–H and O–H groups in total. The topological polar surface area (TPSA) is 164 Å². The van der Waals surface area contributed by atoms with E-state index in [2.05, 4.69) is 13.0 Å². The van der Waals surface area contributed by atoms with Crippen molar-refractivity contribution in [3.63, 3.8) is 0 Å². The van der Waals surface area contributed by atoms with Crippen LogP contribution in [0.4, 0.5) is 0 Å². The monoisotopic (exact) mass is 658 g/mol. The van der Waals surface area contributed by atoms with Crippen LogP contribution in [0.3, 0.4) is 0 Å². The van der Waals surface area contributed by atoms with Crippen LogP contribution in [-0.2, 0) is 32.0 Å². The van der Waals surface area contributed by atoms with Gasteiger partial charge in [-0.3, -0.25) is 28.9 Å². The molecule has 2 aromatic rings. The molecule has 4 aliphatic rings. The lowest BCUT2D eigenvalue weighted by molar-refractivity contribution is -0.181. The first kappa shape index (κ1) is 34.0. The van der Waals surface area contributed by atoms with Crippen molar-refractivity contribution in [3.8, 4) is 22.6 Å². The van der Waals surface area contributed by atoms with Crippen molar-refractivity contribution < 1.29 is 38.9 Å². The second-order valence-corrected chi connectivity index (χ2v) is 14.7. The van der Waals surface area contributed by atoms with Crippen LogP contribution < -0.4 is 10.5 Å². The molecule has 0 bridgehead atoms. The largest absolute Gasteiger partial charge is 0.507 e. The Kier molecular flexibility index (Phi) is 9.10. The first-order valence-corrected chi connectivity index (χ1v) is 17.2. The third kappa shape index (κ3) is 5.37. The molecule has 256 valence electrons. The molecule has 0 spiro atoms. The first-order chi connectivity index (χ1) is 22.8. The third-order valence-electron chi connectivity index (χ3n) is 11.7. The molecular formula is C38H46N2O8. The van der Waals surface area contributed by atoms with Crippen molar-refractivity contribution in [3.05, 3.63) is 47.0 Å². The Labute approximate surface area is 281 Å². The maximum atomic E-state index is 14.2. The number of hydrogen-bond donors (Lipinski definition) is 3. The number of fused-ring (bicyclic) bond motifs is 3. The third-order valence-corrected chi connectivity index (χ3v) is 11.7. The summed E-state index contributed by atoms with van der Waals surface area (Å²) in [5.41, 5.74) is 5.92. The van der Waals surface area contributed by atoms with Crippen LogP contribution in [0.1, 0.15) is 73.4 Å². The number of benzene rings is 2. The second kappa shape index (κ2) is 12.9.